The van der Waals surface area contributed by atoms with Gasteiger partial charge in [0, 0.05) is 23.7 Å². The number of carbonyl (C=O) groups is 1. The van der Waals surface area contributed by atoms with Crippen molar-refractivity contribution in [1.82, 2.24) is 4.90 Å². The lowest BCUT2D eigenvalue weighted by Gasteiger charge is -2.26. The summed E-state index contributed by atoms with van der Waals surface area (Å²) in [7, 11) is 4.08. The fourth-order valence-electron chi connectivity index (χ4n) is 3.08. The maximum atomic E-state index is 13.3. The van der Waals surface area contributed by atoms with Gasteiger partial charge in [0.05, 0.1) is 12.1 Å². The van der Waals surface area contributed by atoms with Gasteiger partial charge >= 0.3 is 0 Å². The Morgan fingerprint density at radius 3 is 2.00 bits per heavy atom. The predicted molar refractivity (Wildman–Crippen MR) is 123 cm³/mol. The maximum absolute atomic E-state index is 13.3. The monoisotopic (exact) mass is 404 g/mol. The third-order valence-corrected chi connectivity index (χ3v) is 5.80. The Morgan fingerprint density at radius 1 is 0.759 bits per heavy atom. The molecule has 29 heavy (non-hydrogen) atoms. The van der Waals surface area contributed by atoms with Crippen LogP contribution in [0.2, 0.25) is 0 Å². The second-order valence-electron chi connectivity index (χ2n) is 7.25. The molecule has 0 heterocycles. The summed E-state index contributed by atoms with van der Waals surface area (Å²) in [6, 6.07) is 28.6. The van der Waals surface area contributed by atoms with Gasteiger partial charge < -0.3 is 9.80 Å². The molecule has 0 aliphatic carbocycles. The molecule has 0 aromatic heterocycles. The van der Waals surface area contributed by atoms with E-state index in [2.05, 4.69) is 41.3 Å². The van der Waals surface area contributed by atoms with Gasteiger partial charge in [-0.1, -0.05) is 72.8 Å². The Balaban J connectivity index is 1.81. The lowest BCUT2D eigenvalue weighted by atomic mass is 10.1. The molecule has 0 fully saturated rings. The normalized spacial score (nSPS) is 10.9. The van der Waals surface area contributed by atoms with Gasteiger partial charge in [0.15, 0.2) is 0 Å². The van der Waals surface area contributed by atoms with E-state index >= 15 is 0 Å². The summed E-state index contributed by atoms with van der Waals surface area (Å²) in [5.74, 6) is 1.01. The first kappa shape index (κ1) is 21.2. The number of nitrogens with zero attached hydrogens (tertiary/aromatic N) is 2. The zero-order chi connectivity index (χ0) is 20.5. The average molecular weight is 405 g/mol. The fraction of sp³-hybridized carbons (Fsp3) is 0.240. The van der Waals surface area contributed by atoms with E-state index < -0.39 is 0 Å². The van der Waals surface area contributed by atoms with E-state index in [1.807, 2.05) is 67.5 Å². The van der Waals surface area contributed by atoms with Crippen LogP contribution in [0.5, 0.6) is 0 Å². The van der Waals surface area contributed by atoms with Crippen molar-refractivity contribution in [2.75, 3.05) is 32.1 Å². The molecule has 0 saturated heterocycles. The number of benzene rings is 3. The summed E-state index contributed by atoms with van der Waals surface area (Å²) in [5, 5.41) is 0. The van der Waals surface area contributed by atoms with Gasteiger partial charge in [0.2, 0.25) is 5.91 Å². The predicted octanol–water partition coefficient (Wildman–Crippen LogP) is 5.12. The Morgan fingerprint density at radius 2 is 1.34 bits per heavy atom. The standard InChI is InChI=1S/C25H28N2OS/c1-26(2)17-18-27(25(28)19-21-11-5-3-6-12-21)23-15-9-10-16-24(23)29-20-22-13-7-4-8-14-22/h3-16H,17-20H2,1-2H3. The van der Waals surface area contributed by atoms with Crippen molar-refractivity contribution in [3.63, 3.8) is 0 Å². The number of hydrogen-bond donors (Lipinski definition) is 0. The molecule has 0 unspecified atom stereocenters. The molecule has 0 spiro atoms. The van der Waals surface area contributed by atoms with Gasteiger partial charge in [-0.05, 0) is 37.4 Å². The van der Waals surface area contributed by atoms with Crippen LogP contribution >= 0.6 is 11.8 Å². The van der Waals surface area contributed by atoms with Crippen molar-refractivity contribution in [2.24, 2.45) is 0 Å². The molecule has 0 radical (unpaired) electrons. The van der Waals surface area contributed by atoms with Crippen LogP contribution in [0.3, 0.4) is 0 Å². The number of carbonyl (C=O) groups excluding carboxylic acids is 1. The Kier molecular flexibility index (Phi) is 7.91. The Hall–Kier alpha value is -2.56. The molecule has 4 heteroatoms. The van der Waals surface area contributed by atoms with Crippen molar-refractivity contribution in [3.8, 4) is 0 Å². The number of amides is 1. The molecule has 0 bridgehead atoms. The zero-order valence-corrected chi connectivity index (χ0v) is 17.9. The highest BCUT2D eigenvalue weighted by atomic mass is 32.2. The van der Waals surface area contributed by atoms with E-state index in [1.165, 1.54) is 5.56 Å². The summed E-state index contributed by atoms with van der Waals surface area (Å²) < 4.78 is 0. The molecule has 0 atom stereocenters. The number of hydrogen-bond acceptors (Lipinski definition) is 3. The molecule has 3 aromatic rings. The Bertz CT molecular complexity index is 897. The quantitative estimate of drug-likeness (QED) is 0.463. The second kappa shape index (κ2) is 10.8. The van der Waals surface area contributed by atoms with Gasteiger partial charge in [0.25, 0.3) is 0 Å². The van der Waals surface area contributed by atoms with Crippen LogP contribution in [-0.2, 0) is 17.0 Å². The highest BCUT2D eigenvalue weighted by molar-refractivity contribution is 7.98. The van der Waals surface area contributed by atoms with E-state index in [0.29, 0.717) is 13.0 Å². The van der Waals surface area contributed by atoms with Crippen molar-refractivity contribution in [3.05, 3.63) is 96.1 Å². The van der Waals surface area contributed by atoms with E-state index in [1.54, 1.807) is 11.8 Å². The molecule has 0 aliphatic rings. The lowest BCUT2D eigenvalue weighted by Crippen LogP contribution is -2.38. The van der Waals surface area contributed by atoms with Crippen molar-refractivity contribution >= 4 is 23.4 Å². The Labute approximate surface area is 178 Å². The number of anilines is 1. The summed E-state index contributed by atoms with van der Waals surface area (Å²) in [6.07, 6.45) is 0.409. The largest absolute Gasteiger partial charge is 0.310 e. The highest BCUT2D eigenvalue weighted by Gasteiger charge is 2.19. The molecule has 1 amide bonds. The maximum Gasteiger partial charge on any atom is 0.231 e. The highest BCUT2D eigenvalue weighted by Crippen LogP contribution is 2.32. The third kappa shape index (κ3) is 6.48. The average Bonchev–Trinajstić information content (AvgIpc) is 2.74. The molecule has 3 nitrogen and oxygen atoms in total. The van der Waals surface area contributed by atoms with Crippen molar-refractivity contribution in [2.45, 2.75) is 17.1 Å². The first-order valence-electron chi connectivity index (χ1n) is 9.88. The van der Waals surface area contributed by atoms with E-state index in [-0.39, 0.29) is 5.91 Å². The molecule has 150 valence electrons. The van der Waals surface area contributed by atoms with Crippen LogP contribution in [0.25, 0.3) is 0 Å². The fourth-order valence-corrected chi connectivity index (χ4v) is 4.10. The SMILES string of the molecule is CN(C)CCN(C(=O)Cc1ccccc1)c1ccccc1SCc1ccccc1. The van der Waals surface area contributed by atoms with E-state index in [9.17, 15) is 4.79 Å². The number of para-hydroxylation sites is 1. The number of rotatable bonds is 9. The topological polar surface area (TPSA) is 23.6 Å². The molecule has 0 aliphatic heterocycles. The summed E-state index contributed by atoms with van der Waals surface area (Å²) in [6.45, 7) is 1.49. The molecule has 0 N–H and O–H groups in total. The molecular weight excluding hydrogens is 376 g/mol. The van der Waals surface area contributed by atoms with E-state index in [4.69, 9.17) is 0 Å². The second-order valence-corrected chi connectivity index (χ2v) is 8.27. The van der Waals surface area contributed by atoms with Gasteiger partial charge in [-0.25, -0.2) is 0 Å². The van der Waals surface area contributed by atoms with E-state index in [0.717, 1.165) is 28.4 Å². The summed E-state index contributed by atoms with van der Waals surface area (Å²) in [5.41, 5.74) is 3.32. The first-order chi connectivity index (χ1) is 14.1. The van der Waals surface area contributed by atoms with Gasteiger partial charge in [0.1, 0.15) is 0 Å². The smallest absolute Gasteiger partial charge is 0.231 e. The van der Waals surface area contributed by atoms with Gasteiger partial charge in [-0.3, -0.25) is 4.79 Å². The van der Waals surface area contributed by atoms with Gasteiger partial charge in [-0.2, -0.15) is 0 Å². The minimum atomic E-state index is 0.130. The molecule has 3 aromatic carbocycles. The third-order valence-electron chi connectivity index (χ3n) is 4.66. The first-order valence-corrected chi connectivity index (χ1v) is 10.9. The van der Waals surface area contributed by atoms with Crippen molar-refractivity contribution in [1.29, 1.82) is 0 Å². The van der Waals surface area contributed by atoms with Crippen LogP contribution < -0.4 is 4.90 Å². The van der Waals surface area contributed by atoms with Crippen LogP contribution in [0.4, 0.5) is 5.69 Å². The molecule has 3 rings (SSSR count). The zero-order valence-electron chi connectivity index (χ0n) is 17.1. The number of thioether (sulfide) groups is 1. The molecular formula is C25H28N2OS. The minimum absolute atomic E-state index is 0.130. The lowest BCUT2D eigenvalue weighted by molar-refractivity contribution is -0.118. The van der Waals surface area contributed by atoms with Crippen LogP contribution in [0, 0.1) is 0 Å². The molecule has 0 saturated carbocycles. The minimum Gasteiger partial charge on any atom is -0.310 e. The number of likely N-dealkylation sites (N-methyl/N-ethyl adjacent to an activating group) is 1. The van der Waals surface area contributed by atoms with Crippen LogP contribution in [0.1, 0.15) is 11.1 Å². The van der Waals surface area contributed by atoms with Crippen LogP contribution in [-0.4, -0.2) is 38.0 Å². The van der Waals surface area contributed by atoms with Crippen LogP contribution in [0.15, 0.2) is 89.8 Å². The summed E-state index contributed by atoms with van der Waals surface area (Å²) >= 11 is 1.78. The summed E-state index contributed by atoms with van der Waals surface area (Å²) in [4.78, 5) is 18.4. The van der Waals surface area contributed by atoms with Crippen molar-refractivity contribution < 1.29 is 4.79 Å². The van der Waals surface area contributed by atoms with Gasteiger partial charge in [-0.15, -0.1) is 11.8 Å².